The van der Waals surface area contributed by atoms with Crippen LogP contribution in [0.1, 0.15) is 6.92 Å². The van der Waals surface area contributed by atoms with Crippen LogP contribution in [0, 0.1) is 0 Å². The Balaban J connectivity index is 2.44. The Bertz CT molecular complexity index is 895. The molecule has 1 heterocycles. The van der Waals surface area contributed by atoms with Gasteiger partial charge in [0.1, 0.15) is 5.69 Å². The van der Waals surface area contributed by atoms with E-state index in [0.717, 1.165) is 10.8 Å². The van der Waals surface area contributed by atoms with E-state index in [1.165, 1.54) is 13.0 Å². The maximum absolute atomic E-state index is 11.8. The third kappa shape index (κ3) is 1.89. The molecule has 0 spiro atoms. The van der Waals surface area contributed by atoms with Crippen molar-refractivity contribution < 1.29 is 14.3 Å². The highest BCUT2D eigenvalue weighted by molar-refractivity contribution is 6.09. The van der Waals surface area contributed by atoms with Crippen molar-refractivity contribution in [2.45, 2.75) is 6.92 Å². The summed E-state index contributed by atoms with van der Waals surface area (Å²) >= 11 is 0. The molecule has 0 radical (unpaired) electrons. The number of amides is 1. The number of phenols is 1. The van der Waals surface area contributed by atoms with Crippen molar-refractivity contribution in [3.63, 3.8) is 0 Å². The normalized spacial score (nSPS) is 10.8. The highest BCUT2D eigenvalue weighted by Gasteiger charge is 2.12. The van der Waals surface area contributed by atoms with Crippen molar-refractivity contribution in [2.75, 3.05) is 5.32 Å². The number of carbonyl (C=O) groups excluding carboxylic acids is 1. The van der Waals surface area contributed by atoms with Crippen LogP contribution in [-0.2, 0) is 4.79 Å². The molecular weight excluding hydrogens is 258 g/mol. The first-order valence-electron chi connectivity index (χ1n) is 6.02. The minimum atomic E-state index is -0.696. The summed E-state index contributed by atoms with van der Waals surface area (Å²) in [5.74, 6) is -0.466. The standard InChI is InChI=1S/C15H11NO4/c1-8(17)16-12-7-11-10-5-3-2-4-9(10)6-13(18)14(11)20-15(12)19/h2-7,18H,1H3,(H,16,17). The van der Waals surface area contributed by atoms with E-state index in [-0.39, 0.29) is 22.9 Å². The number of benzene rings is 2. The van der Waals surface area contributed by atoms with E-state index in [1.54, 1.807) is 6.07 Å². The summed E-state index contributed by atoms with van der Waals surface area (Å²) < 4.78 is 5.11. The first-order valence-corrected chi connectivity index (χ1v) is 6.02. The van der Waals surface area contributed by atoms with Crippen LogP contribution in [-0.4, -0.2) is 11.0 Å². The van der Waals surface area contributed by atoms with E-state index in [0.29, 0.717) is 5.39 Å². The zero-order valence-corrected chi connectivity index (χ0v) is 10.6. The lowest BCUT2D eigenvalue weighted by molar-refractivity contribution is -0.114. The first kappa shape index (κ1) is 12.2. The fourth-order valence-electron chi connectivity index (χ4n) is 2.22. The second-order valence-corrected chi connectivity index (χ2v) is 4.49. The average Bonchev–Trinajstić information content (AvgIpc) is 2.40. The van der Waals surface area contributed by atoms with Gasteiger partial charge in [-0.25, -0.2) is 4.79 Å². The number of rotatable bonds is 1. The molecule has 2 N–H and O–H groups in total. The number of phenolic OH excluding ortho intramolecular Hbond substituents is 1. The largest absolute Gasteiger partial charge is 0.504 e. The summed E-state index contributed by atoms with van der Waals surface area (Å²) in [6, 6.07) is 10.5. The smallest absolute Gasteiger partial charge is 0.360 e. The van der Waals surface area contributed by atoms with Crippen LogP contribution >= 0.6 is 0 Å². The van der Waals surface area contributed by atoms with Crippen LogP contribution in [0.2, 0.25) is 0 Å². The number of anilines is 1. The summed E-state index contributed by atoms with van der Waals surface area (Å²) in [7, 11) is 0. The summed E-state index contributed by atoms with van der Waals surface area (Å²) in [6.45, 7) is 1.31. The predicted octanol–water partition coefficient (Wildman–Crippen LogP) is 2.61. The first-order chi connectivity index (χ1) is 9.56. The fourth-order valence-corrected chi connectivity index (χ4v) is 2.22. The lowest BCUT2D eigenvalue weighted by Gasteiger charge is -2.07. The van der Waals surface area contributed by atoms with Gasteiger partial charge in [-0.05, 0) is 22.9 Å². The van der Waals surface area contributed by atoms with Crippen molar-refractivity contribution in [1.82, 2.24) is 0 Å². The van der Waals surface area contributed by atoms with Crippen LogP contribution in [0.25, 0.3) is 21.7 Å². The van der Waals surface area contributed by atoms with Gasteiger partial charge in [-0.1, -0.05) is 24.3 Å². The molecule has 0 aliphatic heterocycles. The number of aromatic hydroxyl groups is 1. The minimum absolute atomic E-state index is 0.0563. The maximum atomic E-state index is 11.8. The Kier molecular flexibility index (Phi) is 2.68. The minimum Gasteiger partial charge on any atom is -0.504 e. The van der Waals surface area contributed by atoms with E-state index in [1.807, 2.05) is 24.3 Å². The van der Waals surface area contributed by atoms with E-state index in [9.17, 15) is 14.7 Å². The Morgan fingerprint density at radius 3 is 2.70 bits per heavy atom. The van der Waals surface area contributed by atoms with Crippen molar-refractivity contribution in [3.8, 4) is 5.75 Å². The van der Waals surface area contributed by atoms with Crippen LogP contribution in [0.5, 0.6) is 5.75 Å². The molecule has 100 valence electrons. The SMILES string of the molecule is CC(=O)Nc1cc2c(oc1=O)c(O)cc1ccccc12. The lowest BCUT2D eigenvalue weighted by Crippen LogP contribution is -2.14. The Morgan fingerprint density at radius 2 is 1.95 bits per heavy atom. The van der Waals surface area contributed by atoms with Gasteiger partial charge in [0.25, 0.3) is 0 Å². The van der Waals surface area contributed by atoms with Crippen LogP contribution in [0.4, 0.5) is 5.69 Å². The zero-order valence-electron chi connectivity index (χ0n) is 10.6. The predicted molar refractivity (Wildman–Crippen MR) is 76.0 cm³/mol. The Hall–Kier alpha value is -2.82. The Labute approximate surface area is 113 Å². The molecule has 3 rings (SSSR count). The number of carbonyl (C=O) groups is 1. The molecule has 20 heavy (non-hydrogen) atoms. The van der Waals surface area contributed by atoms with E-state index >= 15 is 0 Å². The second-order valence-electron chi connectivity index (χ2n) is 4.49. The molecule has 2 aromatic carbocycles. The molecular formula is C15H11NO4. The van der Waals surface area contributed by atoms with E-state index < -0.39 is 5.63 Å². The van der Waals surface area contributed by atoms with Gasteiger partial charge in [0.05, 0.1) is 0 Å². The molecule has 1 amide bonds. The molecule has 5 nitrogen and oxygen atoms in total. The van der Waals surface area contributed by atoms with Crippen LogP contribution in [0.3, 0.4) is 0 Å². The highest BCUT2D eigenvalue weighted by atomic mass is 16.4. The van der Waals surface area contributed by atoms with Gasteiger partial charge in [-0.15, -0.1) is 0 Å². The van der Waals surface area contributed by atoms with Gasteiger partial charge in [-0.3, -0.25) is 4.79 Å². The molecule has 3 aromatic rings. The van der Waals surface area contributed by atoms with Crippen molar-refractivity contribution >= 4 is 33.3 Å². The molecule has 0 unspecified atom stereocenters. The summed E-state index contributed by atoms with van der Waals surface area (Å²) in [6.07, 6.45) is 0. The van der Waals surface area contributed by atoms with Gasteiger partial charge >= 0.3 is 5.63 Å². The molecule has 5 heteroatoms. The van der Waals surface area contributed by atoms with Gasteiger partial charge in [0.15, 0.2) is 11.3 Å². The van der Waals surface area contributed by atoms with E-state index in [4.69, 9.17) is 4.42 Å². The molecule has 0 bridgehead atoms. The number of fused-ring (bicyclic) bond motifs is 3. The maximum Gasteiger partial charge on any atom is 0.360 e. The van der Waals surface area contributed by atoms with Gasteiger partial charge in [0, 0.05) is 12.3 Å². The molecule has 0 saturated heterocycles. The number of hydrogen-bond donors (Lipinski definition) is 2. The number of hydrogen-bond acceptors (Lipinski definition) is 4. The highest BCUT2D eigenvalue weighted by Crippen LogP contribution is 2.32. The van der Waals surface area contributed by atoms with E-state index in [2.05, 4.69) is 5.32 Å². The summed E-state index contributed by atoms with van der Waals surface area (Å²) in [5.41, 5.74) is -0.526. The third-order valence-corrected chi connectivity index (χ3v) is 3.03. The zero-order chi connectivity index (χ0) is 14.3. The monoisotopic (exact) mass is 269 g/mol. The van der Waals surface area contributed by atoms with Crippen molar-refractivity contribution in [1.29, 1.82) is 0 Å². The molecule has 0 fully saturated rings. The quantitative estimate of drug-likeness (QED) is 0.525. The molecule has 1 aromatic heterocycles. The van der Waals surface area contributed by atoms with Crippen LogP contribution < -0.4 is 10.9 Å². The van der Waals surface area contributed by atoms with Crippen molar-refractivity contribution in [3.05, 3.63) is 46.8 Å². The van der Waals surface area contributed by atoms with Gasteiger partial charge in [0.2, 0.25) is 5.91 Å². The summed E-state index contributed by atoms with van der Waals surface area (Å²) in [4.78, 5) is 22.9. The molecule has 0 aliphatic rings. The molecule has 0 saturated carbocycles. The van der Waals surface area contributed by atoms with Crippen LogP contribution in [0.15, 0.2) is 45.6 Å². The van der Waals surface area contributed by atoms with Gasteiger partial charge in [-0.2, -0.15) is 0 Å². The Morgan fingerprint density at radius 1 is 1.20 bits per heavy atom. The average molecular weight is 269 g/mol. The third-order valence-electron chi connectivity index (χ3n) is 3.03. The lowest BCUT2D eigenvalue weighted by atomic mass is 10.0. The molecule has 0 atom stereocenters. The molecule has 0 aliphatic carbocycles. The number of nitrogens with one attached hydrogen (secondary N) is 1. The fraction of sp³-hybridized carbons (Fsp3) is 0.0667. The summed E-state index contributed by atoms with van der Waals surface area (Å²) in [5, 5.41) is 14.6. The second kappa shape index (κ2) is 4.38. The topological polar surface area (TPSA) is 79.5 Å². The van der Waals surface area contributed by atoms with Gasteiger partial charge < -0.3 is 14.8 Å². The van der Waals surface area contributed by atoms with Crippen molar-refractivity contribution in [2.24, 2.45) is 0 Å².